The highest BCUT2D eigenvalue weighted by Crippen LogP contribution is 2.36. The van der Waals surface area contributed by atoms with Crippen LogP contribution in [0.25, 0.3) is 0 Å². The Bertz CT molecular complexity index is 1010. The van der Waals surface area contributed by atoms with Crippen molar-refractivity contribution in [3.63, 3.8) is 0 Å². The van der Waals surface area contributed by atoms with Gasteiger partial charge in [0.15, 0.2) is 0 Å². The van der Waals surface area contributed by atoms with Gasteiger partial charge in [-0.15, -0.1) is 5.10 Å². The van der Waals surface area contributed by atoms with E-state index in [1.807, 2.05) is 10.9 Å². The summed E-state index contributed by atoms with van der Waals surface area (Å²) in [6.45, 7) is 5.04. The number of benzene rings is 1. The molecule has 2 saturated heterocycles. The van der Waals surface area contributed by atoms with Gasteiger partial charge in [-0.1, -0.05) is 44.0 Å². The topological polar surface area (TPSA) is 111 Å². The average Bonchev–Trinajstić information content (AvgIpc) is 3.49. The predicted octanol–water partition coefficient (Wildman–Crippen LogP) is 2.67. The number of carbonyl (C=O) groups is 1. The maximum absolute atomic E-state index is 12.9. The Morgan fingerprint density at radius 1 is 1.15 bits per heavy atom. The van der Waals surface area contributed by atoms with Crippen molar-refractivity contribution in [2.45, 2.75) is 70.2 Å². The summed E-state index contributed by atoms with van der Waals surface area (Å²) in [7, 11) is 0. The molecule has 1 aromatic heterocycles. The molecule has 0 radical (unpaired) electrons. The minimum absolute atomic E-state index is 0.00896. The first-order valence-corrected chi connectivity index (χ1v) is 12.5. The van der Waals surface area contributed by atoms with Crippen LogP contribution in [0.1, 0.15) is 57.6 Å². The molecule has 0 bridgehead atoms. The van der Waals surface area contributed by atoms with E-state index in [1.165, 1.54) is 5.56 Å². The number of hydrogen-bond donors (Lipinski definition) is 3. The second-order valence-corrected chi connectivity index (χ2v) is 10.1. The van der Waals surface area contributed by atoms with Crippen LogP contribution in [0.15, 0.2) is 36.7 Å². The molecule has 180 valence electrons. The largest absolute Gasteiger partial charge is 0.368 e. The maximum Gasteiger partial charge on any atom is 0.228 e. The van der Waals surface area contributed by atoms with Crippen molar-refractivity contribution >= 4 is 11.6 Å². The standard InChI is InChI=1S/C25H34N8O/c1-16(2)23(32-14-13-28-31-32)17-7-9-19(10-8-17)29-24-22-21(11-12-27-25(22)34)33(30-24)20-6-4-3-5-18(20)15-26/h7-10,13-14,16,18,20-24,29-30H,3-6,11-12H2,1-2H3,(H,27,34)/t18-,20+,21?,22?,23?,24?/m1/s1. The van der Waals surface area contributed by atoms with Crippen molar-refractivity contribution in [2.24, 2.45) is 17.8 Å². The summed E-state index contributed by atoms with van der Waals surface area (Å²) in [4.78, 5) is 12.9. The van der Waals surface area contributed by atoms with Gasteiger partial charge in [-0.25, -0.2) is 15.1 Å². The summed E-state index contributed by atoms with van der Waals surface area (Å²) in [5, 5.41) is 26.8. The van der Waals surface area contributed by atoms with Crippen LogP contribution in [0.4, 0.5) is 5.69 Å². The van der Waals surface area contributed by atoms with Crippen LogP contribution in [0.3, 0.4) is 0 Å². The van der Waals surface area contributed by atoms with Crippen LogP contribution in [-0.2, 0) is 4.79 Å². The second kappa shape index (κ2) is 9.72. The third-order valence-corrected chi connectivity index (χ3v) is 7.65. The molecule has 6 atom stereocenters. The molecule has 3 N–H and O–H groups in total. The number of piperidine rings is 1. The number of hydrazine groups is 1. The van der Waals surface area contributed by atoms with Crippen LogP contribution in [0, 0.1) is 29.1 Å². The van der Waals surface area contributed by atoms with Gasteiger partial charge in [-0.05, 0) is 42.9 Å². The molecule has 5 rings (SSSR count). The molecule has 1 aliphatic carbocycles. The maximum atomic E-state index is 12.9. The Kier molecular flexibility index (Phi) is 6.53. The zero-order valence-corrected chi connectivity index (χ0v) is 19.9. The molecule has 2 aromatic rings. The number of nitriles is 1. The quantitative estimate of drug-likeness (QED) is 0.605. The third-order valence-electron chi connectivity index (χ3n) is 7.65. The highest BCUT2D eigenvalue weighted by molar-refractivity contribution is 5.82. The number of nitrogens with zero attached hydrogens (tertiary/aromatic N) is 5. The molecule has 3 heterocycles. The fourth-order valence-corrected chi connectivity index (χ4v) is 6.06. The van der Waals surface area contributed by atoms with E-state index in [-0.39, 0.29) is 42.0 Å². The van der Waals surface area contributed by atoms with Gasteiger partial charge in [0.1, 0.15) is 6.17 Å². The first-order valence-electron chi connectivity index (χ1n) is 12.5. The molecule has 1 saturated carbocycles. The minimum atomic E-state index is -0.214. The molecule has 9 heteroatoms. The summed E-state index contributed by atoms with van der Waals surface area (Å²) in [5.74, 6) is 0.250. The summed E-state index contributed by atoms with van der Waals surface area (Å²) in [6, 6.07) is 11.3. The number of aromatic nitrogens is 3. The number of rotatable bonds is 6. The molecular weight excluding hydrogens is 428 g/mol. The molecule has 2 aliphatic heterocycles. The number of nitrogens with one attached hydrogen (secondary N) is 3. The van der Waals surface area contributed by atoms with Gasteiger partial charge in [-0.3, -0.25) is 4.79 Å². The molecule has 1 amide bonds. The minimum Gasteiger partial charge on any atom is -0.368 e. The number of carbonyl (C=O) groups excluding carboxylic acids is 1. The molecular formula is C25H34N8O. The van der Waals surface area contributed by atoms with Gasteiger partial charge < -0.3 is 10.6 Å². The first kappa shape index (κ1) is 22.8. The third kappa shape index (κ3) is 4.28. The Hall–Kier alpha value is -2.96. The lowest BCUT2D eigenvalue weighted by Gasteiger charge is -2.39. The zero-order valence-electron chi connectivity index (χ0n) is 19.9. The smallest absolute Gasteiger partial charge is 0.228 e. The van der Waals surface area contributed by atoms with Gasteiger partial charge in [0.05, 0.1) is 30.1 Å². The molecule has 9 nitrogen and oxygen atoms in total. The molecule has 4 unspecified atom stereocenters. The van der Waals surface area contributed by atoms with E-state index in [0.29, 0.717) is 12.5 Å². The Morgan fingerprint density at radius 3 is 2.65 bits per heavy atom. The van der Waals surface area contributed by atoms with E-state index in [2.05, 4.69) is 75.6 Å². The average molecular weight is 463 g/mol. The molecule has 1 aromatic carbocycles. The number of amides is 1. The fraction of sp³-hybridized carbons (Fsp3) is 0.600. The lowest BCUT2D eigenvalue weighted by Crippen LogP contribution is -2.54. The predicted molar refractivity (Wildman–Crippen MR) is 128 cm³/mol. The lowest BCUT2D eigenvalue weighted by atomic mass is 9.83. The normalized spacial score (nSPS) is 30.4. The van der Waals surface area contributed by atoms with Crippen molar-refractivity contribution in [3.8, 4) is 6.07 Å². The Morgan fingerprint density at radius 2 is 1.94 bits per heavy atom. The van der Waals surface area contributed by atoms with E-state index in [9.17, 15) is 10.1 Å². The lowest BCUT2D eigenvalue weighted by molar-refractivity contribution is -0.128. The fourth-order valence-electron chi connectivity index (χ4n) is 6.06. The summed E-state index contributed by atoms with van der Waals surface area (Å²) in [6.07, 6.45) is 8.45. The molecule has 34 heavy (non-hydrogen) atoms. The second-order valence-electron chi connectivity index (χ2n) is 10.1. The zero-order chi connectivity index (χ0) is 23.7. The van der Waals surface area contributed by atoms with E-state index in [4.69, 9.17) is 0 Å². The van der Waals surface area contributed by atoms with Crippen LogP contribution in [0.5, 0.6) is 0 Å². The molecule has 3 fully saturated rings. The molecule has 0 spiro atoms. The van der Waals surface area contributed by atoms with Crippen LogP contribution >= 0.6 is 0 Å². The van der Waals surface area contributed by atoms with E-state index in [1.54, 1.807) is 6.20 Å². The van der Waals surface area contributed by atoms with Crippen molar-refractivity contribution in [3.05, 3.63) is 42.2 Å². The summed E-state index contributed by atoms with van der Waals surface area (Å²) in [5.41, 5.74) is 5.74. The van der Waals surface area contributed by atoms with Crippen molar-refractivity contribution in [1.29, 1.82) is 5.26 Å². The van der Waals surface area contributed by atoms with Crippen LogP contribution in [0.2, 0.25) is 0 Å². The highest BCUT2D eigenvalue weighted by atomic mass is 16.2. The Labute approximate surface area is 200 Å². The number of hydrogen-bond acceptors (Lipinski definition) is 7. The highest BCUT2D eigenvalue weighted by Gasteiger charge is 2.51. The van der Waals surface area contributed by atoms with Gasteiger partial charge in [0.2, 0.25) is 5.91 Å². The van der Waals surface area contributed by atoms with Crippen molar-refractivity contribution in [2.75, 3.05) is 11.9 Å². The van der Waals surface area contributed by atoms with Crippen LogP contribution in [-0.4, -0.2) is 50.7 Å². The first-order chi connectivity index (χ1) is 16.6. The van der Waals surface area contributed by atoms with Gasteiger partial charge in [0, 0.05) is 30.5 Å². The van der Waals surface area contributed by atoms with E-state index in [0.717, 1.165) is 37.8 Å². The van der Waals surface area contributed by atoms with E-state index >= 15 is 0 Å². The van der Waals surface area contributed by atoms with Gasteiger partial charge in [0.25, 0.3) is 0 Å². The Balaban J connectivity index is 1.35. The monoisotopic (exact) mass is 462 g/mol. The van der Waals surface area contributed by atoms with Gasteiger partial charge in [-0.2, -0.15) is 5.26 Å². The summed E-state index contributed by atoms with van der Waals surface area (Å²) < 4.78 is 1.90. The van der Waals surface area contributed by atoms with Gasteiger partial charge >= 0.3 is 0 Å². The molecule has 3 aliphatic rings. The summed E-state index contributed by atoms with van der Waals surface area (Å²) >= 11 is 0. The van der Waals surface area contributed by atoms with E-state index < -0.39 is 0 Å². The SMILES string of the molecule is CC(C)C(c1ccc(NC2NN([C@H]3CCCC[C@@H]3C#N)C3CCNC(=O)C23)cc1)n1ccnn1. The van der Waals surface area contributed by atoms with Crippen LogP contribution < -0.4 is 16.1 Å². The number of anilines is 1. The van der Waals surface area contributed by atoms with Crippen molar-refractivity contribution < 1.29 is 4.79 Å². The van der Waals surface area contributed by atoms with Crippen molar-refractivity contribution in [1.82, 2.24) is 30.7 Å². The number of fused-ring (bicyclic) bond motifs is 1.